The van der Waals surface area contributed by atoms with E-state index < -0.39 is 5.97 Å². The summed E-state index contributed by atoms with van der Waals surface area (Å²) in [5, 5.41) is 8.59. The molecule has 1 aromatic rings. The number of pyridine rings is 1. The van der Waals surface area contributed by atoms with Crippen molar-refractivity contribution >= 4 is 5.97 Å². The van der Waals surface area contributed by atoms with E-state index in [4.69, 9.17) is 5.11 Å². The molecule has 1 aliphatic carbocycles. The maximum atomic E-state index is 10.4. The van der Waals surface area contributed by atoms with E-state index in [1.807, 2.05) is 12.3 Å². The number of carboxylic acid groups (broad SMARTS) is 1. The van der Waals surface area contributed by atoms with Crippen LogP contribution >= 0.6 is 0 Å². The molecule has 3 heteroatoms. The average Bonchev–Trinajstić information content (AvgIpc) is 2.12. The molecule has 1 fully saturated rings. The van der Waals surface area contributed by atoms with Crippen molar-refractivity contribution in [2.24, 2.45) is 5.92 Å². The molecule has 2 rings (SSSR count). The SMILES string of the molecule is O=C(O)CC1CC(c2cccnc2)C1. The van der Waals surface area contributed by atoms with E-state index in [0.29, 0.717) is 18.3 Å². The summed E-state index contributed by atoms with van der Waals surface area (Å²) in [6, 6.07) is 3.99. The predicted octanol–water partition coefficient (Wildman–Crippen LogP) is 2.05. The summed E-state index contributed by atoms with van der Waals surface area (Å²) < 4.78 is 0. The zero-order valence-electron chi connectivity index (χ0n) is 7.89. The second kappa shape index (κ2) is 3.78. The first-order valence-corrected chi connectivity index (χ1v) is 4.87. The number of aromatic nitrogens is 1. The van der Waals surface area contributed by atoms with E-state index in [1.54, 1.807) is 6.20 Å². The van der Waals surface area contributed by atoms with Crippen molar-refractivity contribution in [3.05, 3.63) is 30.1 Å². The Morgan fingerprint density at radius 1 is 1.57 bits per heavy atom. The molecule has 0 aromatic carbocycles. The van der Waals surface area contributed by atoms with Gasteiger partial charge in [0.15, 0.2) is 0 Å². The maximum absolute atomic E-state index is 10.4. The fourth-order valence-electron chi connectivity index (χ4n) is 2.04. The van der Waals surface area contributed by atoms with E-state index in [-0.39, 0.29) is 0 Å². The fourth-order valence-corrected chi connectivity index (χ4v) is 2.04. The molecule has 0 unspecified atom stereocenters. The van der Waals surface area contributed by atoms with E-state index >= 15 is 0 Å². The molecule has 0 aliphatic heterocycles. The van der Waals surface area contributed by atoms with Gasteiger partial charge in [-0.1, -0.05) is 6.07 Å². The number of hydrogen-bond donors (Lipinski definition) is 1. The lowest BCUT2D eigenvalue weighted by Gasteiger charge is -2.34. The van der Waals surface area contributed by atoms with Crippen molar-refractivity contribution in [1.29, 1.82) is 0 Å². The van der Waals surface area contributed by atoms with Gasteiger partial charge in [-0.25, -0.2) is 0 Å². The first-order valence-electron chi connectivity index (χ1n) is 4.87. The Morgan fingerprint density at radius 3 is 2.93 bits per heavy atom. The van der Waals surface area contributed by atoms with Gasteiger partial charge in [-0.2, -0.15) is 0 Å². The van der Waals surface area contributed by atoms with Crippen LogP contribution in [0.5, 0.6) is 0 Å². The number of hydrogen-bond acceptors (Lipinski definition) is 2. The van der Waals surface area contributed by atoms with E-state index in [2.05, 4.69) is 11.1 Å². The van der Waals surface area contributed by atoms with Gasteiger partial charge in [0.25, 0.3) is 0 Å². The molecule has 0 spiro atoms. The Balaban J connectivity index is 1.86. The summed E-state index contributed by atoms with van der Waals surface area (Å²) in [6.07, 6.45) is 5.95. The zero-order chi connectivity index (χ0) is 9.97. The molecule has 0 radical (unpaired) electrons. The highest BCUT2D eigenvalue weighted by molar-refractivity contribution is 5.67. The van der Waals surface area contributed by atoms with Gasteiger partial charge in [0.1, 0.15) is 0 Å². The van der Waals surface area contributed by atoms with Crippen LogP contribution in [0.15, 0.2) is 24.5 Å². The average molecular weight is 191 g/mol. The smallest absolute Gasteiger partial charge is 0.303 e. The Morgan fingerprint density at radius 2 is 2.36 bits per heavy atom. The topological polar surface area (TPSA) is 50.2 Å². The van der Waals surface area contributed by atoms with Crippen LogP contribution in [0, 0.1) is 5.92 Å². The van der Waals surface area contributed by atoms with Gasteiger partial charge in [-0.15, -0.1) is 0 Å². The normalized spacial score (nSPS) is 25.4. The first kappa shape index (κ1) is 9.19. The van der Waals surface area contributed by atoms with Crippen molar-refractivity contribution in [2.75, 3.05) is 0 Å². The van der Waals surface area contributed by atoms with Crippen molar-refractivity contribution in [2.45, 2.75) is 25.2 Å². The van der Waals surface area contributed by atoms with Crippen LogP contribution in [-0.4, -0.2) is 16.1 Å². The second-order valence-corrected chi connectivity index (χ2v) is 3.92. The summed E-state index contributed by atoms with van der Waals surface area (Å²) >= 11 is 0. The third-order valence-electron chi connectivity index (χ3n) is 2.85. The highest BCUT2D eigenvalue weighted by Gasteiger charge is 2.31. The van der Waals surface area contributed by atoms with Gasteiger partial charge in [0, 0.05) is 18.8 Å². The molecule has 0 atom stereocenters. The van der Waals surface area contributed by atoms with Crippen LogP contribution in [0.1, 0.15) is 30.7 Å². The van der Waals surface area contributed by atoms with Gasteiger partial charge >= 0.3 is 5.97 Å². The lowest BCUT2D eigenvalue weighted by Crippen LogP contribution is -2.24. The number of rotatable bonds is 3. The third kappa shape index (κ3) is 1.92. The van der Waals surface area contributed by atoms with Crippen molar-refractivity contribution in [3.8, 4) is 0 Å². The highest BCUT2D eigenvalue weighted by Crippen LogP contribution is 2.42. The highest BCUT2D eigenvalue weighted by atomic mass is 16.4. The van der Waals surface area contributed by atoms with E-state index in [1.165, 1.54) is 5.56 Å². The van der Waals surface area contributed by atoms with Gasteiger partial charge in [0.05, 0.1) is 0 Å². The monoisotopic (exact) mass is 191 g/mol. The lowest BCUT2D eigenvalue weighted by molar-refractivity contribution is -0.138. The van der Waals surface area contributed by atoms with Gasteiger partial charge in [0.2, 0.25) is 0 Å². The Kier molecular flexibility index (Phi) is 2.48. The van der Waals surface area contributed by atoms with Crippen LogP contribution in [0.4, 0.5) is 0 Å². The van der Waals surface area contributed by atoms with Crippen LogP contribution in [0.3, 0.4) is 0 Å². The minimum absolute atomic E-state index is 0.316. The number of aliphatic carboxylic acids is 1. The predicted molar refractivity (Wildman–Crippen MR) is 52.0 cm³/mol. The molecule has 14 heavy (non-hydrogen) atoms. The largest absolute Gasteiger partial charge is 0.481 e. The number of carboxylic acids is 1. The zero-order valence-corrected chi connectivity index (χ0v) is 7.89. The molecular weight excluding hydrogens is 178 g/mol. The molecule has 74 valence electrons. The van der Waals surface area contributed by atoms with Gasteiger partial charge < -0.3 is 5.11 Å². The third-order valence-corrected chi connectivity index (χ3v) is 2.85. The quantitative estimate of drug-likeness (QED) is 0.795. The standard InChI is InChI=1S/C11H13NO2/c13-11(14)6-8-4-10(5-8)9-2-1-3-12-7-9/h1-3,7-8,10H,4-6H2,(H,13,14). The number of carbonyl (C=O) groups is 1. The van der Waals surface area contributed by atoms with Crippen LogP contribution in [0.25, 0.3) is 0 Å². The van der Waals surface area contributed by atoms with Gasteiger partial charge in [-0.05, 0) is 36.3 Å². The minimum Gasteiger partial charge on any atom is -0.481 e. The van der Waals surface area contributed by atoms with Crippen molar-refractivity contribution in [1.82, 2.24) is 4.98 Å². The van der Waals surface area contributed by atoms with Crippen LogP contribution in [0.2, 0.25) is 0 Å². The molecule has 1 saturated carbocycles. The summed E-state index contributed by atoms with van der Waals surface area (Å²) in [5.74, 6) is 0.227. The Labute approximate surface area is 82.8 Å². The fraction of sp³-hybridized carbons (Fsp3) is 0.455. The minimum atomic E-state index is -0.681. The van der Waals surface area contributed by atoms with Gasteiger partial charge in [-0.3, -0.25) is 9.78 Å². The van der Waals surface area contributed by atoms with E-state index in [9.17, 15) is 4.79 Å². The summed E-state index contributed by atoms with van der Waals surface area (Å²) in [6.45, 7) is 0. The molecular formula is C11H13NO2. The molecule has 1 N–H and O–H groups in total. The Hall–Kier alpha value is -1.38. The van der Waals surface area contributed by atoms with Crippen molar-refractivity contribution in [3.63, 3.8) is 0 Å². The first-order chi connectivity index (χ1) is 6.75. The molecule has 1 heterocycles. The van der Waals surface area contributed by atoms with Crippen LogP contribution < -0.4 is 0 Å². The molecule has 0 saturated heterocycles. The molecule has 0 amide bonds. The number of nitrogens with zero attached hydrogens (tertiary/aromatic N) is 1. The molecule has 3 nitrogen and oxygen atoms in total. The second-order valence-electron chi connectivity index (χ2n) is 3.92. The summed E-state index contributed by atoms with van der Waals surface area (Å²) in [4.78, 5) is 14.5. The Bertz CT molecular complexity index is 317. The summed E-state index contributed by atoms with van der Waals surface area (Å²) in [5.41, 5.74) is 1.24. The van der Waals surface area contributed by atoms with Crippen molar-refractivity contribution < 1.29 is 9.90 Å². The molecule has 1 aliphatic rings. The molecule has 0 bridgehead atoms. The van der Waals surface area contributed by atoms with Crippen LogP contribution in [-0.2, 0) is 4.79 Å². The summed E-state index contributed by atoms with van der Waals surface area (Å²) in [7, 11) is 0. The maximum Gasteiger partial charge on any atom is 0.303 e. The lowest BCUT2D eigenvalue weighted by atomic mass is 9.70. The molecule has 1 aromatic heterocycles. The van der Waals surface area contributed by atoms with E-state index in [0.717, 1.165) is 12.8 Å².